The smallest absolute Gasteiger partial charge is 0.315 e. The minimum atomic E-state index is -2.86. The third-order valence-electron chi connectivity index (χ3n) is 4.95. The lowest BCUT2D eigenvalue weighted by molar-refractivity contribution is -0.133. The number of alkyl halides is 2. The Labute approximate surface area is 93.8 Å². The van der Waals surface area contributed by atoms with Crippen molar-refractivity contribution in [3.8, 4) is 0 Å². The lowest BCUT2D eigenvalue weighted by Gasteiger charge is -2.31. The van der Waals surface area contributed by atoms with E-state index in [1.807, 2.05) is 0 Å². The molecule has 1 amide bonds. The topological polar surface area (TPSA) is 29.1 Å². The molecule has 4 heteroatoms. The van der Waals surface area contributed by atoms with Crippen molar-refractivity contribution in [3.05, 3.63) is 0 Å². The molecule has 0 aromatic rings. The minimum Gasteiger partial charge on any atom is -0.348 e. The summed E-state index contributed by atoms with van der Waals surface area (Å²) in [6, 6.07) is 0.0332. The molecule has 1 N–H and O–H groups in total. The Morgan fingerprint density at radius 2 is 1.88 bits per heavy atom. The quantitative estimate of drug-likeness (QED) is 0.772. The molecule has 0 radical (unpaired) electrons. The Hall–Kier alpha value is -0.670. The van der Waals surface area contributed by atoms with Gasteiger partial charge in [0, 0.05) is 6.04 Å². The van der Waals surface area contributed by atoms with Gasteiger partial charge in [-0.25, -0.2) is 0 Å². The number of amides is 1. The number of nitrogens with one attached hydrogen (secondary N) is 1. The highest BCUT2D eigenvalue weighted by Gasteiger charge is 2.54. The van der Waals surface area contributed by atoms with Gasteiger partial charge in [-0.05, 0) is 49.4 Å². The molecule has 0 heterocycles. The van der Waals surface area contributed by atoms with Crippen molar-refractivity contribution in [1.29, 1.82) is 0 Å². The number of carbonyl (C=O) groups is 1. The first kappa shape index (κ1) is 10.5. The van der Waals surface area contributed by atoms with Crippen LogP contribution in [-0.4, -0.2) is 18.4 Å². The second-order valence-electron chi connectivity index (χ2n) is 5.57. The van der Waals surface area contributed by atoms with Crippen molar-refractivity contribution in [2.75, 3.05) is 0 Å². The number of hydrogen-bond donors (Lipinski definition) is 1. The zero-order valence-corrected chi connectivity index (χ0v) is 9.16. The van der Waals surface area contributed by atoms with Crippen LogP contribution in [0.25, 0.3) is 0 Å². The SMILES string of the molecule is O=C(NC1CC2CC1C1CCCC21)C(F)F. The normalized spacial score (nSPS) is 45.1. The van der Waals surface area contributed by atoms with Crippen LogP contribution in [0.1, 0.15) is 32.1 Å². The van der Waals surface area contributed by atoms with Crippen molar-refractivity contribution >= 4 is 5.91 Å². The third-order valence-corrected chi connectivity index (χ3v) is 4.95. The van der Waals surface area contributed by atoms with Gasteiger partial charge in [0.25, 0.3) is 5.91 Å². The standard InChI is InChI=1S/C12H17F2NO/c13-11(14)12(16)15-10-5-6-4-9(10)8-3-1-2-7(6)8/h6-11H,1-5H2,(H,15,16). The average molecular weight is 229 g/mol. The molecular formula is C12H17F2NO. The molecule has 3 rings (SSSR count). The Morgan fingerprint density at radius 3 is 2.62 bits per heavy atom. The summed E-state index contributed by atoms with van der Waals surface area (Å²) < 4.78 is 24.4. The van der Waals surface area contributed by atoms with Gasteiger partial charge < -0.3 is 5.32 Å². The maximum Gasteiger partial charge on any atom is 0.315 e. The average Bonchev–Trinajstić information content (AvgIpc) is 2.87. The summed E-state index contributed by atoms with van der Waals surface area (Å²) in [4.78, 5) is 11.0. The van der Waals surface area contributed by atoms with Gasteiger partial charge in [-0.1, -0.05) is 6.42 Å². The summed E-state index contributed by atoms with van der Waals surface area (Å²) in [5.74, 6) is 1.65. The third kappa shape index (κ3) is 1.45. The first-order valence-electron chi connectivity index (χ1n) is 6.25. The Balaban J connectivity index is 1.66. The van der Waals surface area contributed by atoms with Gasteiger partial charge >= 0.3 is 6.43 Å². The first-order valence-corrected chi connectivity index (χ1v) is 6.25. The molecule has 3 fully saturated rings. The van der Waals surface area contributed by atoms with Gasteiger partial charge in [0.15, 0.2) is 0 Å². The van der Waals surface area contributed by atoms with E-state index in [1.54, 1.807) is 0 Å². The summed E-state index contributed by atoms with van der Waals surface area (Å²) in [5, 5.41) is 2.53. The van der Waals surface area contributed by atoms with Crippen LogP contribution in [0.3, 0.4) is 0 Å². The van der Waals surface area contributed by atoms with Crippen LogP contribution in [0.2, 0.25) is 0 Å². The maximum atomic E-state index is 12.2. The fourth-order valence-electron chi connectivity index (χ4n) is 4.48. The van der Waals surface area contributed by atoms with E-state index < -0.39 is 12.3 Å². The number of rotatable bonds is 2. The second kappa shape index (κ2) is 3.67. The number of carbonyl (C=O) groups excluding carboxylic acids is 1. The van der Waals surface area contributed by atoms with Gasteiger partial charge in [0.2, 0.25) is 0 Å². The van der Waals surface area contributed by atoms with Crippen LogP contribution in [0.15, 0.2) is 0 Å². The van der Waals surface area contributed by atoms with Crippen molar-refractivity contribution in [3.63, 3.8) is 0 Å². The van der Waals surface area contributed by atoms with Crippen LogP contribution in [-0.2, 0) is 4.79 Å². The highest BCUT2D eigenvalue weighted by atomic mass is 19.3. The largest absolute Gasteiger partial charge is 0.348 e. The number of fused-ring (bicyclic) bond motifs is 5. The predicted molar refractivity (Wildman–Crippen MR) is 55.0 cm³/mol. The molecule has 5 atom stereocenters. The summed E-state index contributed by atoms with van der Waals surface area (Å²) in [6.45, 7) is 0. The van der Waals surface area contributed by atoms with Crippen LogP contribution >= 0.6 is 0 Å². The fourth-order valence-corrected chi connectivity index (χ4v) is 4.48. The lowest BCUT2D eigenvalue weighted by atomic mass is 9.79. The predicted octanol–water partition coefficient (Wildman–Crippen LogP) is 2.19. The van der Waals surface area contributed by atoms with Crippen LogP contribution < -0.4 is 5.32 Å². The molecule has 0 aromatic carbocycles. The second-order valence-corrected chi connectivity index (χ2v) is 5.57. The number of halogens is 2. The molecule has 3 aliphatic carbocycles. The molecule has 16 heavy (non-hydrogen) atoms. The first-order chi connectivity index (χ1) is 7.66. The van der Waals surface area contributed by atoms with Crippen molar-refractivity contribution < 1.29 is 13.6 Å². The summed E-state index contributed by atoms with van der Waals surface area (Å²) >= 11 is 0. The van der Waals surface area contributed by atoms with Crippen molar-refractivity contribution in [2.24, 2.45) is 23.7 Å². The molecule has 3 saturated carbocycles. The molecule has 2 nitrogen and oxygen atoms in total. The molecule has 0 saturated heterocycles. The van der Waals surface area contributed by atoms with E-state index in [4.69, 9.17) is 0 Å². The minimum absolute atomic E-state index is 0.0332. The van der Waals surface area contributed by atoms with Crippen LogP contribution in [0, 0.1) is 23.7 Å². The highest BCUT2D eigenvalue weighted by Crippen LogP contribution is 2.58. The highest BCUT2D eigenvalue weighted by molar-refractivity contribution is 5.79. The molecule has 5 unspecified atom stereocenters. The Morgan fingerprint density at radius 1 is 1.12 bits per heavy atom. The van der Waals surface area contributed by atoms with E-state index in [0.29, 0.717) is 17.8 Å². The van der Waals surface area contributed by atoms with Gasteiger partial charge in [0.05, 0.1) is 0 Å². The Bertz CT molecular complexity index is 307. The zero-order chi connectivity index (χ0) is 11.3. The van der Waals surface area contributed by atoms with E-state index in [2.05, 4.69) is 5.32 Å². The van der Waals surface area contributed by atoms with Crippen LogP contribution in [0.4, 0.5) is 8.78 Å². The van der Waals surface area contributed by atoms with Gasteiger partial charge in [-0.15, -0.1) is 0 Å². The van der Waals surface area contributed by atoms with Gasteiger partial charge in [-0.3, -0.25) is 4.79 Å². The number of hydrogen-bond acceptors (Lipinski definition) is 1. The van der Waals surface area contributed by atoms with Crippen molar-refractivity contribution in [2.45, 2.75) is 44.6 Å². The van der Waals surface area contributed by atoms with Gasteiger partial charge in [-0.2, -0.15) is 8.78 Å². The molecule has 2 bridgehead atoms. The zero-order valence-electron chi connectivity index (χ0n) is 9.16. The maximum absolute atomic E-state index is 12.2. The van der Waals surface area contributed by atoms with E-state index >= 15 is 0 Å². The molecule has 3 aliphatic rings. The summed E-state index contributed by atoms with van der Waals surface area (Å²) in [5.41, 5.74) is 0. The van der Waals surface area contributed by atoms with E-state index in [-0.39, 0.29) is 6.04 Å². The fraction of sp³-hybridized carbons (Fsp3) is 0.917. The summed E-state index contributed by atoms with van der Waals surface area (Å²) in [6.07, 6.45) is 3.08. The van der Waals surface area contributed by atoms with E-state index in [9.17, 15) is 13.6 Å². The molecule has 0 aromatic heterocycles. The molecular weight excluding hydrogens is 212 g/mol. The summed E-state index contributed by atoms with van der Waals surface area (Å²) in [7, 11) is 0. The molecule has 90 valence electrons. The van der Waals surface area contributed by atoms with Crippen molar-refractivity contribution in [1.82, 2.24) is 5.32 Å². The lowest BCUT2D eigenvalue weighted by Crippen LogP contribution is -2.44. The molecule has 0 spiro atoms. The Kier molecular flexibility index (Phi) is 2.41. The molecule has 0 aliphatic heterocycles. The monoisotopic (exact) mass is 229 g/mol. The van der Waals surface area contributed by atoms with E-state index in [0.717, 1.165) is 18.8 Å². The van der Waals surface area contributed by atoms with Crippen LogP contribution in [0.5, 0.6) is 0 Å². The van der Waals surface area contributed by atoms with E-state index in [1.165, 1.54) is 19.3 Å². The van der Waals surface area contributed by atoms with Gasteiger partial charge in [0.1, 0.15) is 0 Å².